The molecule has 0 radical (unpaired) electrons. The average molecular weight is 667 g/mol. The van der Waals surface area contributed by atoms with Gasteiger partial charge in [0.05, 0.1) is 16.8 Å². The van der Waals surface area contributed by atoms with Crippen molar-refractivity contribution in [1.82, 2.24) is 19.7 Å². The fourth-order valence-electron chi connectivity index (χ4n) is 5.60. The molecule has 10 nitrogen and oxygen atoms in total. The molecule has 13 heteroatoms. The summed E-state index contributed by atoms with van der Waals surface area (Å²) in [6.07, 6.45) is 5.19. The van der Waals surface area contributed by atoms with Gasteiger partial charge in [-0.15, -0.1) is 21.5 Å². The van der Waals surface area contributed by atoms with Gasteiger partial charge in [-0.05, 0) is 69.5 Å². The minimum absolute atomic E-state index is 0.0505. The van der Waals surface area contributed by atoms with Gasteiger partial charge in [-0.3, -0.25) is 4.57 Å². The number of benzene rings is 1. The number of aryl methyl sites for hydroxylation is 1. The van der Waals surface area contributed by atoms with Gasteiger partial charge in [0.15, 0.2) is 27.3 Å². The number of fused-ring (bicyclic) bond motifs is 2. The minimum atomic E-state index is -1.20. The maximum atomic E-state index is 12.8. The van der Waals surface area contributed by atoms with E-state index in [4.69, 9.17) is 29.6 Å². The second-order valence-corrected chi connectivity index (χ2v) is 20.5. The van der Waals surface area contributed by atoms with E-state index in [1.165, 1.54) is 22.5 Å². The van der Waals surface area contributed by atoms with E-state index in [1.807, 2.05) is 0 Å². The van der Waals surface area contributed by atoms with Crippen molar-refractivity contribution in [2.75, 3.05) is 31.3 Å². The van der Waals surface area contributed by atoms with E-state index in [9.17, 15) is 9.90 Å². The Bertz CT molecular complexity index is 1740. The number of hydrogen-bond donors (Lipinski definition) is 1. The third-order valence-electron chi connectivity index (χ3n) is 8.08. The Labute approximate surface area is 272 Å². The molecule has 1 aliphatic heterocycles. The SMILES string of the molecule is CCOC(=O)c1nc(N2CCCc3c2nnc(N=c2sc4ccccc4n2COCC[Si](C)(C)C)c3C2CC2)sc1CCCO. The van der Waals surface area contributed by atoms with E-state index in [0.717, 1.165) is 70.6 Å². The summed E-state index contributed by atoms with van der Waals surface area (Å²) in [7, 11) is -1.20. The van der Waals surface area contributed by atoms with Gasteiger partial charge in [0.2, 0.25) is 0 Å². The van der Waals surface area contributed by atoms with Crippen molar-refractivity contribution >= 4 is 63.7 Å². The van der Waals surface area contributed by atoms with Gasteiger partial charge in [0, 0.05) is 43.8 Å². The van der Waals surface area contributed by atoms with Gasteiger partial charge < -0.3 is 19.5 Å². The first-order valence-corrected chi connectivity index (χ1v) is 21.3. The van der Waals surface area contributed by atoms with E-state index < -0.39 is 14.0 Å². The highest BCUT2D eigenvalue weighted by atomic mass is 32.1. The highest BCUT2D eigenvalue weighted by Crippen LogP contribution is 2.49. The topological polar surface area (TPSA) is 115 Å². The largest absolute Gasteiger partial charge is 0.461 e. The molecular weight excluding hydrogens is 625 g/mol. The van der Waals surface area contributed by atoms with Crippen LogP contribution in [-0.2, 0) is 29.0 Å². The molecule has 6 rings (SSSR count). The summed E-state index contributed by atoms with van der Waals surface area (Å²) in [5, 5.41) is 19.7. The van der Waals surface area contributed by atoms with Crippen LogP contribution in [0.15, 0.2) is 29.3 Å². The molecule has 0 unspecified atom stereocenters. The molecule has 1 aromatic carbocycles. The standard InChI is InChI=1S/C32H42N6O4S2Si/c1-5-42-30(40)27-25(13-9-17-39)44-31(33-27)37-16-8-10-22-26(21-14-15-21)28(35-36-29(22)37)34-32-38(20-41-18-19-45(2,3)4)23-11-6-7-12-24(23)43-32/h6-7,11-12,21,39H,5,8-10,13-20H2,1-4H3. The Morgan fingerprint density at radius 1 is 1.18 bits per heavy atom. The summed E-state index contributed by atoms with van der Waals surface area (Å²) in [4.78, 5) is 26.5. The summed E-state index contributed by atoms with van der Waals surface area (Å²) in [5.41, 5.74) is 3.82. The lowest BCUT2D eigenvalue weighted by Crippen LogP contribution is -2.27. The average Bonchev–Trinajstić information content (AvgIpc) is 3.67. The van der Waals surface area contributed by atoms with Crippen LogP contribution < -0.4 is 9.70 Å². The third kappa shape index (κ3) is 7.22. The fourth-order valence-corrected chi connectivity index (χ4v) is 8.49. The molecule has 0 atom stereocenters. The number of carbonyl (C=O) groups excluding carboxylic acids is 1. The third-order valence-corrected chi connectivity index (χ3v) is 12.0. The lowest BCUT2D eigenvalue weighted by molar-refractivity contribution is 0.0519. The first-order valence-electron chi connectivity index (χ1n) is 15.9. The number of rotatable bonds is 13. The van der Waals surface area contributed by atoms with Crippen molar-refractivity contribution in [1.29, 1.82) is 0 Å². The van der Waals surface area contributed by atoms with Crippen molar-refractivity contribution in [3.63, 3.8) is 0 Å². The van der Waals surface area contributed by atoms with Crippen molar-refractivity contribution in [2.24, 2.45) is 4.99 Å². The summed E-state index contributed by atoms with van der Waals surface area (Å²) in [5.74, 6) is 1.48. The van der Waals surface area contributed by atoms with Gasteiger partial charge in [-0.2, -0.15) is 4.99 Å². The van der Waals surface area contributed by atoms with E-state index in [-0.39, 0.29) is 13.2 Å². The monoisotopic (exact) mass is 666 g/mol. The molecular formula is C32H42N6O4S2Si. The zero-order valence-corrected chi connectivity index (χ0v) is 29.2. The number of ether oxygens (including phenoxy) is 2. The zero-order chi connectivity index (χ0) is 31.6. The van der Waals surface area contributed by atoms with Gasteiger partial charge in [-0.25, -0.2) is 9.78 Å². The van der Waals surface area contributed by atoms with E-state index in [2.05, 4.69) is 53.4 Å². The van der Waals surface area contributed by atoms with Crippen LogP contribution in [0.5, 0.6) is 0 Å². The molecule has 3 aromatic heterocycles. The number of para-hydroxylation sites is 1. The number of aliphatic hydroxyl groups is 1. The number of nitrogens with zero attached hydrogens (tertiary/aromatic N) is 6. The maximum absolute atomic E-state index is 12.8. The van der Waals surface area contributed by atoms with Gasteiger partial charge in [0.25, 0.3) is 0 Å². The van der Waals surface area contributed by atoms with E-state index >= 15 is 0 Å². The molecule has 0 amide bonds. The predicted molar refractivity (Wildman–Crippen MR) is 182 cm³/mol. The Morgan fingerprint density at radius 3 is 2.76 bits per heavy atom. The number of anilines is 2. The highest BCUT2D eigenvalue weighted by molar-refractivity contribution is 7.16. The van der Waals surface area contributed by atoms with Crippen LogP contribution >= 0.6 is 22.7 Å². The zero-order valence-electron chi connectivity index (χ0n) is 26.5. The smallest absolute Gasteiger partial charge is 0.358 e. The van der Waals surface area contributed by atoms with Crippen LogP contribution in [0.3, 0.4) is 0 Å². The second-order valence-electron chi connectivity index (χ2n) is 12.8. The van der Waals surface area contributed by atoms with Crippen LogP contribution in [0.25, 0.3) is 10.2 Å². The number of carbonyl (C=O) groups is 1. The molecule has 1 saturated carbocycles. The predicted octanol–water partition coefficient (Wildman–Crippen LogP) is 6.56. The molecule has 1 N–H and O–H groups in total. The van der Waals surface area contributed by atoms with E-state index in [1.54, 1.807) is 18.3 Å². The Kier molecular flexibility index (Phi) is 9.81. The lowest BCUT2D eigenvalue weighted by Gasteiger charge is -2.29. The summed E-state index contributed by atoms with van der Waals surface area (Å²) in [6, 6.07) is 9.48. The van der Waals surface area contributed by atoms with Crippen LogP contribution in [0.2, 0.25) is 25.7 Å². The van der Waals surface area contributed by atoms with Gasteiger partial charge >= 0.3 is 5.97 Å². The number of aromatic nitrogens is 4. The molecule has 0 spiro atoms. The quantitative estimate of drug-likeness (QED) is 0.0970. The van der Waals surface area contributed by atoms with Crippen LogP contribution in [-0.4, -0.2) is 65.3 Å². The summed E-state index contributed by atoms with van der Waals surface area (Å²) < 4.78 is 14.8. The number of esters is 1. The molecule has 2 aliphatic rings. The normalized spacial score (nSPS) is 15.6. The van der Waals surface area contributed by atoms with Crippen molar-refractivity contribution in [3.05, 3.63) is 50.8 Å². The number of thiazole rings is 2. The molecule has 0 saturated heterocycles. The second kappa shape index (κ2) is 13.8. The first-order chi connectivity index (χ1) is 21.8. The molecule has 240 valence electrons. The maximum Gasteiger partial charge on any atom is 0.358 e. The number of aliphatic hydroxyl groups excluding tert-OH is 1. The Morgan fingerprint density at radius 2 is 2.00 bits per heavy atom. The van der Waals surface area contributed by atoms with Crippen molar-refractivity contribution < 1.29 is 19.4 Å². The van der Waals surface area contributed by atoms with Gasteiger partial charge in [0.1, 0.15) is 6.73 Å². The molecule has 1 aliphatic carbocycles. The minimum Gasteiger partial charge on any atom is -0.461 e. The Balaban J connectivity index is 1.38. The van der Waals surface area contributed by atoms with Crippen molar-refractivity contribution in [2.45, 2.75) is 83.8 Å². The highest BCUT2D eigenvalue weighted by Gasteiger charge is 2.35. The lowest BCUT2D eigenvalue weighted by atomic mass is 9.97. The van der Waals surface area contributed by atoms with Crippen molar-refractivity contribution in [3.8, 4) is 0 Å². The van der Waals surface area contributed by atoms with Crippen LogP contribution in [0, 0.1) is 0 Å². The first kappa shape index (κ1) is 32.0. The number of hydrogen-bond acceptors (Lipinski definition) is 11. The van der Waals surface area contributed by atoms with Gasteiger partial charge in [-0.1, -0.05) is 43.1 Å². The van der Waals surface area contributed by atoms with Crippen LogP contribution in [0.4, 0.5) is 16.8 Å². The molecule has 45 heavy (non-hydrogen) atoms. The van der Waals surface area contributed by atoms with E-state index in [0.29, 0.717) is 42.1 Å². The summed E-state index contributed by atoms with van der Waals surface area (Å²) >= 11 is 3.13. The summed E-state index contributed by atoms with van der Waals surface area (Å²) in [6.45, 7) is 11.1. The molecule has 1 fully saturated rings. The van der Waals surface area contributed by atoms with Crippen LogP contribution in [0.1, 0.15) is 65.0 Å². The molecule has 4 aromatic rings. The molecule has 4 heterocycles. The molecule has 0 bridgehead atoms. The fraction of sp³-hybridized carbons (Fsp3) is 0.531. The Hall–Kier alpha value is -2.97.